The number of carbonyl (C=O) groups excluding carboxylic acids is 2. The molecular weight excluding hydrogens is 451 g/mol. The molecule has 0 atom stereocenters. The molecule has 32 heavy (non-hydrogen) atoms. The van der Waals surface area contributed by atoms with Crippen LogP contribution < -0.4 is 16.0 Å². The SMILES string of the molecule is C/C=C(\NCc1ccc(Cl)c(Cl)c1)NC(=O)/C(NCCCCC(=O)OC(C)C)=C(\C)C=N. The maximum Gasteiger partial charge on any atom is 0.306 e. The topological polar surface area (TPSA) is 103 Å². The summed E-state index contributed by atoms with van der Waals surface area (Å²) in [5, 5.41) is 17.5. The van der Waals surface area contributed by atoms with E-state index in [-0.39, 0.29) is 18.0 Å². The van der Waals surface area contributed by atoms with Gasteiger partial charge in [0.25, 0.3) is 5.91 Å². The molecule has 0 aromatic heterocycles. The minimum absolute atomic E-state index is 0.125. The van der Waals surface area contributed by atoms with Crippen LogP contribution in [0.1, 0.15) is 52.5 Å². The number of amides is 1. The van der Waals surface area contributed by atoms with Crippen molar-refractivity contribution in [3.8, 4) is 0 Å². The Labute approximate surface area is 200 Å². The van der Waals surface area contributed by atoms with Crippen LogP contribution in [0.3, 0.4) is 0 Å². The average molecular weight is 483 g/mol. The number of allylic oxidation sites excluding steroid dienone is 2. The number of benzene rings is 1. The third kappa shape index (κ3) is 10.2. The van der Waals surface area contributed by atoms with Crippen LogP contribution in [0, 0.1) is 5.41 Å². The summed E-state index contributed by atoms with van der Waals surface area (Å²) in [5.74, 6) is -0.0653. The van der Waals surface area contributed by atoms with Crippen LogP contribution in [-0.4, -0.2) is 30.7 Å². The Balaban J connectivity index is 2.60. The van der Waals surface area contributed by atoms with Gasteiger partial charge in [0, 0.05) is 25.7 Å². The fourth-order valence-electron chi connectivity index (χ4n) is 2.65. The van der Waals surface area contributed by atoms with E-state index in [4.69, 9.17) is 33.3 Å². The minimum atomic E-state index is -0.361. The molecule has 7 nitrogen and oxygen atoms in total. The lowest BCUT2D eigenvalue weighted by Crippen LogP contribution is -2.37. The number of hydrogen-bond acceptors (Lipinski definition) is 6. The molecule has 0 fully saturated rings. The van der Waals surface area contributed by atoms with Crippen molar-refractivity contribution in [2.75, 3.05) is 6.54 Å². The van der Waals surface area contributed by atoms with Crippen LogP contribution in [0.5, 0.6) is 0 Å². The Morgan fingerprint density at radius 2 is 1.88 bits per heavy atom. The van der Waals surface area contributed by atoms with E-state index < -0.39 is 0 Å². The molecule has 0 saturated heterocycles. The monoisotopic (exact) mass is 482 g/mol. The molecule has 0 aliphatic carbocycles. The molecule has 0 saturated carbocycles. The molecule has 0 heterocycles. The van der Waals surface area contributed by atoms with Gasteiger partial charge in [0.1, 0.15) is 11.5 Å². The van der Waals surface area contributed by atoms with Crippen molar-refractivity contribution >= 4 is 41.3 Å². The fraction of sp³-hybridized carbons (Fsp3) is 0.435. The molecule has 1 rings (SSSR count). The summed E-state index contributed by atoms with van der Waals surface area (Å²) in [5.41, 5.74) is 1.72. The first-order valence-electron chi connectivity index (χ1n) is 10.5. The Hall–Kier alpha value is -2.51. The van der Waals surface area contributed by atoms with Gasteiger partial charge in [-0.05, 0) is 69.9 Å². The summed E-state index contributed by atoms with van der Waals surface area (Å²) in [6.07, 6.45) is 4.40. The standard InChI is InChI=1S/C23H32Cl2N4O3/c1-5-20(28-14-17-9-10-18(24)19(25)12-17)29-23(31)22(16(4)13-26)27-11-7-6-8-21(30)32-15(2)3/h5,9-10,12-13,15,26-28H,6-8,11,14H2,1-4H3,(H,29,31)/b20-5+,22-16-,26-13?. The number of hydrogen-bond donors (Lipinski definition) is 4. The minimum Gasteiger partial charge on any atom is -0.463 e. The van der Waals surface area contributed by atoms with E-state index in [9.17, 15) is 9.59 Å². The van der Waals surface area contributed by atoms with E-state index in [0.29, 0.717) is 59.5 Å². The largest absolute Gasteiger partial charge is 0.463 e. The number of esters is 1. The summed E-state index contributed by atoms with van der Waals surface area (Å²) in [4.78, 5) is 24.4. The van der Waals surface area contributed by atoms with Crippen molar-refractivity contribution in [2.24, 2.45) is 0 Å². The normalized spacial score (nSPS) is 12.2. The van der Waals surface area contributed by atoms with Crippen LogP contribution in [0.2, 0.25) is 10.0 Å². The van der Waals surface area contributed by atoms with Gasteiger partial charge < -0.3 is 26.1 Å². The molecular formula is C23H32Cl2N4O3. The van der Waals surface area contributed by atoms with E-state index in [1.807, 2.05) is 19.9 Å². The van der Waals surface area contributed by atoms with Gasteiger partial charge in [-0.1, -0.05) is 29.3 Å². The van der Waals surface area contributed by atoms with Crippen molar-refractivity contribution in [1.29, 1.82) is 5.41 Å². The van der Waals surface area contributed by atoms with Crippen LogP contribution in [0.4, 0.5) is 0 Å². The number of carbonyl (C=O) groups is 2. The molecule has 0 aliphatic heterocycles. The average Bonchev–Trinajstić information content (AvgIpc) is 2.74. The Morgan fingerprint density at radius 1 is 1.16 bits per heavy atom. The quantitative estimate of drug-likeness (QED) is 0.141. The van der Waals surface area contributed by atoms with Crippen LogP contribution >= 0.6 is 23.2 Å². The van der Waals surface area contributed by atoms with Crippen molar-refractivity contribution in [3.05, 3.63) is 57.0 Å². The molecule has 0 aliphatic rings. The number of unbranched alkanes of at least 4 members (excludes halogenated alkanes) is 1. The zero-order valence-electron chi connectivity index (χ0n) is 19.0. The smallest absolute Gasteiger partial charge is 0.306 e. The molecule has 176 valence electrons. The fourth-order valence-corrected chi connectivity index (χ4v) is 2.97. The van der Waals surface area contributed by atoms with Crippen LogP contribution in [-0.2, 0) is 20.9 Å². The second-order valence-corrected chi connectivity index (χ2v) is 8.20. The summed E-state index contributed by atoms with van der Waals surface area (Å²) >= 11 is 12.0. The lowest BCUT2D eigenvalue weighted by molar-refractivity contribution is -0.147. The predicted octanol–water partition coefficient (Wildman–Crippen LogP) is 4.70. The molecule has 0 bridgehead atoms. The van der Waals surface area contributed by atoms with Gasteiger partial charge in [0.2, 0.25) is 0 Å². The Kier molecular flexibility index (Phi) is 12.5. The maximum absolute atomic E-state index is 12.8. The van der Waals surface area contributed by atoms with Crippen LogP contribution in [0.25, 0.3) is 0 Å². The molecule has 1 aromatic carbocycles. The highest BCUT2D eigenvalue weighted by molar-refractivity contribution is 6.42. The number of nitrogens with one attached hydrogen (secondary N) is 4. The zero-order valence-corrected chi connectivity index (χ0v) is 20.5. The predicted molar refractivity (Wildman–Crippen MR) is 130 cm³/mol. The molecule has 1 aromatic rings. The van der Waals surface area contributed by atoms with Crippen molar-refractivity contribution in [1.82, 2.24) is 16.0 Å². The first-order chi connectivity index (χ1) is 15.2. The van der Waals surface area contributed by atoms with Gasteiger partial charge in [0.15, 0.2) is 0 Å². The van der Waals surface area contributed by atoms with E-state index in [0.717, 1.165) is 11.8 Å². The Morgan fingerprint density at radius 3 is 2.47 bits per heavy atom. The highest BCUT2D eigenvalue weighted by Crippen LogP contribution is 2.22. The Bertz CT molecular complexity index is 867. The molecule has 0 spiro atoms. The van der Waals surface area contributed by atoms with Crippen molar-refractivity contribution < 1.29 is 14.3 Å². The summed E-state index contributed by atoms with van der Waals surface area (Å²) < 4.78 is 5.11. The second-order valence-electron chi connectivity index (χ2n) is 7.38. The van der Waals surface area contributed by atoms with Gasteiger partial charge in [-0.3, -0.25) is 9.59 Å². The molecule has 4 N–H and O–H groups in total. The molecule has 1 amide bonds. The van der Waals surface area contributed by atoms with Gasteiger partial charge >= 0.3 is 5.97 Å². The lowest BCUT2D eigenvalue weighted by Gasteiger charge is -2.16. The maximum atomic E-state index is 12.8. The van der Waals surface area contributed by atoms with Crippen LogP contribution in [0.15, 0.2) is 41.4 Å². The summed E-state index contributed by atoms with van der Waals surface area (Å²) in [6.45, 7) is 8.05. The third-order valence-corrected chi connectivity index (χ3v) is 5.06. The van der Waals surface area contributed by atoms with Crippen molar-refractivity contribution in [3.63, 3.8) is 0 Å². The third-order valence-electron chi connectivity index (χ3n) is 4.32. The zero-order chi connectivity index (χ0) is 24.1. The number of halogens is 2. The van der Waals surface area contributed by atoms with Gasteiger partial charge in [-0.15, -0.1) is 0 Å². The lowest BCUT2D eigenvalue weighted by atomic mass is 10.2. The second kappa shape index (κ2) is 14.5. The highest BCUT2D eigenvalue weighted by Gasteiger charge is 2.14. The number of ether oxygens (including phenoxy) is 1. The summed E-state index contributed by atoms with van der Waals surface area (Å²) in [7, 11) is 0. The number of rotatable bonds is 13. The van der Waals surface area contributed by atoms with Gasteiger partial charge in [0.05, 0.1) is 16.1 Å². The highest BCUT2D eigenvalue weighted by atomic mass is 35.5. The molecule has 0 radical (unpaired) electrons. The van der Waals surface area contributed by atoms with E-state index >= 15 is 0 Å². The van der Waals surface area contributed by atoms with Gasteiger partial charge in [-0.25, -0.2) is 0 Å². The first-order valence-corrected chi connectivity index (χ1v) is 11.2. The van der Waals surface area contributed by atoms with Gasteiger partial charge in [-0.2, -0.15) is 0 Å². The van der Waals surface area contributed by atoms with E-state index in [1.54, 1.807) is 32.1 Å². The summed E-state index contributed by atoms with van der Waals surface area (Å²) in [6, 6.07) is 5.32. The molecule has 0 unspecified atom stereocenters. The van der Waals surface area contributed by atoms with E-state index in [2.05, 4.69) is 16.0 Å². The van der Waals surface area contributed by atoms with E-state index in [1.165, 1.54) is 0 Å². The first kappa shape index (κ1) is 27.5. The molecule has 9 heteroatoms. The van der Waals surface area contributed by atoms with Crippen molar-refractivity contribution in [2.45, 2.75) is 59.6 Å².